The van der Waals surface area contributed by atoms with Gasteiger partial charge in [0.05, 0.1) is 14.8 Å². The fraction of sp³-hybridized carbons (Fsp3) is 0.800. The molecule has 0 radical (unpaired) electrons. The first-order chi connectivity index (χ1) is 7.99. The molecule has 9 heteroatoms. The summed E-state index contributed by atoms with van der Waals surface area (Å²) in [6, 6.07) is 0. The van der Waals surface area contributed by atoms with E-state index < -0.39 is 14.3 Å². The first-order valence-electron chi connectivity index (χ1n) is 5.66. The Morgan fingerprint density at radius 3 is 2.21 bits per heavy atom. The van der Waals surface area contributed by atoms with Crippen LogP contribution in [-0.4, -0.2) is 88.4 Å². The fourth-order valence-corrected chi connectivity index (χ4v) is 2.53. The number of carboxylic acids is 1. The van der Waals surface area contributed by atoms with Gasteiger partial charge in [0.2, 0.25) is 0 Å². The van der Waals surface area contributed by atoms with Crippen molar-refractivity contribution in [2.24, 2.45) is 0 Å². The molecule has 7 nitrogen and oxygen atoms in total. The molecule has 0 spiro atoms. The quantitative estimate of drug-likeness (QED) is 0.406. The van der Waals surface area contributed by atoms with E-state index in [0.717, 1.165) is 19.6 Å². The number of rotatable bonds is 3. The molecule has 1 aliphatic rings. The first-order valence-corrected chi connectivity index (χ1v) is 7.35. The average molecular weight is 464 g/mol. The van der Waals surface area contributed by atoms with Gasteiger partial charge in [0.25, 0.3) is 0 Å². The van der Waals surface area contributed by atoms with Gasteiger partial charge in [-0.1, -0.05) is 0 Å². The normalized spacial score (nSPS) is 21.2. The molecule has 19 heavy (non-hydrogen) atoms. The number of carboxylic acid groups (broad SMARTS) is 1. The van der Waals surface area contributed by atoms with Crippen molar-refractivity contribution in [3.8, 4) is 0 Å². The van der Waals surface area contributed by atoms with Crippen LogP contribution in [0.2, 0.25) is 0 Å². The van der Waals surface area contributed by atoms with E-state index in [-0.39, 0.29) is 33.1 Å². The third-order valence-corrected chi connectivity index (χ3v) is 4.07. The Labute approximate surface area is 130 Å². The molecule has 1 fully saturated rings. The largest absolute Gasteiger partial charge is 0.480 e. The first kappa shape index (κ1) is 21.7. The van der Waals surface area contributed by atoms with Crippen LogP contribution in [0.15, 0.2) is 0 Å². The third kappa shape index (κ3) is 9.03. The molecule has 0 aromatic carbocycles. The van der Waals surface area contributed by atoms with Crippen molar-refractivity contribution in [2.45, 2.75) is 0 Å². The van der Waals surface area contributed by atoms with E-state index in [0.29, 0.717) is 19.6 Å². The number of hydrogen-bond acceptors (Lipinski definition) is 5. The molecule has 0 aromatic heterocycles. The van der Waals surface area contributed by atoms with Gasteiger partial charge in [0, 0.05) is 47.2 Å². The Balaban J connectivity index is 0. The van der Waals surface area contributed by atoms with E-state index >= 15 is 0 Å². The fourth-order valence-electron chi connectivity index (χ4n) is 1.77. The predicted molar refractivity (Wildman–Crippen MR) is 71.3 cm³/mol. The summed E-state index contributed by atoms with van der Waals surface area (Å²) < 4.78 is 1.99. The minimum absolute atomic E-state index is 0. The summed E-state index contributed by atoms with van der Waals surface area (Å²) >= 11 is 0. The molecular formula is C10H23N3O4PW-. The molecule has 0 saturated carbocycles. The SMILES string of the molecule is O.[CH2-]N1CCN(CC(=O)O)CCN(P(C)O)CC1.[W]. The van der Waals surface area contributed by atoms with Gasteiger partial charge in [0.15, 0.2) is 0 Å². The van der Waals surface area contributed by atoms with Crippen LogP contribution in [0.5, 0.6) is 0 Å². The van der Waals surface area contributed by atoms with E-state index in [2.05, 4.69) is 7.05 Å². The van der Waals surface area contributed by atoms with Gasteiger partial charge in [-0.3, -0.25) is 21.4 Å². The third-order valence-electron chi connectivity index (χ3n) is 2.85. The maximum atomic E-state index is 10.7. The summed E-state index contributed by atoms with van der Waals surface area (Å²) in [6.07, 6.45) is 0. The zero-order valence-corrected chi connectivity index (χ0v) is 15.0. The van der Waals surface area contributed by atoms with E-state index in [1.807, 2.05) is 14.5 Å². The van der Waals surface area contributed by atoms with Gasteiger partial charge in [-0.05, 0) is 19.8 Å². The molecule has 1 saturated heterocycles. The summed E-state index contributed by atoms with van der Waals surface area (Å²) in [5.74, 6) is -0.811. The molecule has 1 atom stereocenters. The number of aliphatic carboxylic acids is 1. The minimum Gasteiger partial charge on any atom is -0.480 e. The number of hydrogen-bond donors (Lipinski definition) is 2. The van der Waals surface area contributed by atoms with Crippen LogP contribution in [0.25, 0.3) is 0 Å². The summed E-state index contributed by atoms with van der Waals surface area (Å²) in [6.45, 7) is 6.27. The Morgan fingerprint density at radius 2 is 1.68 bits per heavy atom. The number of carbonyl (C=O) groups is 1. The van der Waals surface area contributed by atoms with Crippen LogP contribution in [0.4, 0.5) is 0 Å². The maximum Gasteiger partial charge on any atom is 0.317 e. The van der Waals surface area contributed by atoms with Crippen molar-refractivity contribution in [1.82, 2.24) is 14.5 Å². The summed E-state index contributed by atoms with van der Waals surface area (Å²) in [5.41, 5.74) is 0. The second-order valence-electron chi connectivity index (χ2n) is 4.23. The van der Waals surface area contributed by atoms with Crippen molar-refractivity contribution in [3.63, 3.8) is 0 Å². The average Bonchev–Trinajstić information content (AvgIpc) is 2.30. The van der Waals surface area contributed by atoms with Gasteiger partial charge < -0.3 is 20.4 Å². The van der Waals surface area contributed by atoms with Gasteiger partial charge in [-0.15, -0.1) is 0 Å². The molecule has 1 heterocycles. The second kappa shape index (κ2) is 11.1. The van der Waals surface area contributed by atoms with Gasteiger partial charge >= 0.3 is 5.97 Å². The Bertz CT molecular complexity index is 261. The topological polar surface area (TPSA) is 98.8 Å². The van der Waals surface area contributed by atoms with Crippen LogP contribution in [0, 0.1) is 7.05 Å². The van der Waals surface area contributed by atoms with Gasteiger partial charge in [0.1, 0.15) is 0 Å². The smallest absolute Gasteiger partial charge is 0.317 e. The standard InChI is InChI=1S/C10H21N3O3P.H2O.W/c1-11-3-5-12(9-10(14)15)6-8-13(7-4-11)17(2)16;;/h16H,1,3-9H2,2H3,(H,14,15);1H2;/q-1;;. The maximum absolute atomic E-state index is 10.7. The molecule has 4 N–H and O–H groups in total. The molecule has 0 aromatic rings. The molecule has 0 aliphatic carbocycles. The van der Waals surface area contributed by atoms with Crippen molar-refractivity contribution in [2.75, 3.05) is 52.5 Å². The van der Waals surface area contributed by atoms with Gasteiger partial charge in [-0.25, -0.2) is 0 Å². The van der Waals surface area contributed by atoms with Crippen molar-refractivity contribution >= 4 is 14.3 Å². The van der Waals surface area contributed by atoms with E-state index in [1.165, 1.54) is 0 Å². The Kier molecular flexibility index (Phi) is 12.7. The van der Waals surface area contributed by atoms with Crippen molar-refractivity contribution in [3.05, 3.63) is 7.05 Å². The van der Waals surface area contributed by atoms with E-state index in [9.17, 15) is 9.69 Å². The summed E-state index contributed by atoms with van der Waals surface area (Å²) in [4.78, 5) is 24.2. The number of nitrogens with zero attached hydrogens (tertiary/aromatic N) is 3. The second-order valence-corrected chi connectivity index (χ2v) is 5.78. The zero-order valence-electron chi connectivity index (χ0n) is 11.2. The van der Waals surface area contributed by atoms with Crippen LogP contribution < -0.4 is 0 Å². The van der Waals surface area contributed by atoms with Crippen LogP contribution >= 0.6 is 8.30 Å². The molecule has 0 bridgehead atoms. The summed E-state index contributed by atoms with van der Waals surface area (Å²) in [5, 5.41) is 8.81. The van der Waals surface area contributed by atoms with Crippen LogP contribution in [-0.2, 0) is 25.9 Å². The Morgan fingerprint density at radius 1 is 1.21 bits per heavy atom. The van der Waals surface area contributed by atoms with Crippen molar-refractivity contribution < 1.29 is 41.3 Å². The van der Waals surface area contributed by atoms with Gasteiger partial charge in [-0.2, -0.15) is 0 Å². The molecular weight excluding hydrogens is 441 g/mol. The molecule has 0 amide bonds. The monoisotopic (exact) mass is 464 g/mol. The predicted octanol–water partition coefficient (Wildman–Crippen LogP) is -1.11. The molecule has 1 aliphatic heterocycles. The molecule has 114 valence electrons. The molecule has 1 unspecified atom stereocenters. The molecule has 1 rings (SSSR count). The van der Waals surface area contributed by atoms with E-state index in [4.69, 9.17) is 5.11 Å². The van der Waals surface area contributed by atoms with E-state index in [1.54, 1.807) is 6.66 Å². The van der Waals surface area contributed by atoms with Crippen LogP contribution in [0.1, 0.15) is 0 Å². The summed E-state index contributed by atoms with van der Waals surface area (Å²) in [7, 11) is 2.79. The minimum atomic E-state index is -1.11. The zero-order chi connectivity index (χ0) is 12.8. The Hall–Kier alpha value is 0.388. The van der Waals surface area contributed by atoms with Crippen LogP contribution in [0.3, 0.4) is 0 Å². The van der Waals surface area contributed by atoms with Crippen molar-refractivity contribution in [1.29, 1.82) is 0 Å².